The van der Waals surface area contributed by atoms with Gasteiger partial charge in [-0.05, 0) is 50.6 Å². The zero-order valence-corrected chi connectivity index (χ0v) is 11.3. The third-order valence-corrected chi connectivity index (χ3v) is 2.90. The highest BCUT2D eigenvalue weighted by atomic mass is 19.1. The van der Waals surface area contributed by atoms with Crippen molar-refractivity contribution in [3.63, 3.8) is 0 Å². The molecule has 0 saturated heterocycles. The molecule has 100 valence electrons. The van der Waals surface area contributed by atoms with Gasteiger partial charge in [0.1, 0.15) is 11.7 Å². The predicted molar refractivity (Wildman–Crippen MR) is 73.3 cm³/mol. The lowest BCUT2D eigenvalue weighted by Crippen LogP contribution is -2.31. The highest BCUT2D eigenvalue weighted by Crippen LogP contribution is 2.13. The van der Waals surface area contributed by atoms with Crippen LogP contribution in [0.25, 0.3) is 0 Å². The molecule has 0 aliphatic heterocycles. The predicted octanol–water partition coefficient (Wildman–Crippen LogP) is 2.73. The minimum Gasteiger partial charge on any atom is -0.384 e. The number of hydrogen-bond donors (Lipinski definition) is 2. The quantitative estimate of drug-likeness (QED) is 0.603. The van der Waals surface area contributed by atoms with Gasteiger partial charge in [0.15, 0.2) is 0 Å². The average Bonchev–Trinajstić information content (AvgIpc) is 2.27. The van der Waals surface area contributed by atoms with E-state index in [9.17, 15) is 4.39 Å². The Morgan fingerprint density at radius 2 is 2.06 bits per heavy atom. The molecule has 0 radical (unpaired) electrons. The second-order valence-corrected chi connectivity index (χ2v) is 4.83. The molecule has 1 aromatic rings. The van der Waals surface area contributed by atoms with Gasteiger partial charge in [0.2, 0.25) is 0 Å². The van der Waals surface area contributed by atoms with Crippen molar-refractivity contribution in [2.24, 2.45) is 5.73 Å². The number of nitrogens with two attached hydrogens (primary N) is 1. The molecule has 0 bridgehead atoms. The maximum absolute atomic E-state index is 13.5. The molecule has 0 amide bonds. The van der Waals surface area contributed by atoms with Crippen molar-refractivity contribution in [2.45, 2.75) is 39.8 Å². The highest BCUT2D eigenvalue weighted by molar-refractivity contribution is 5.95. The zero-order chi connectivity index (χ0) is 13.7. The molecule has 0 saturated carbocycles. The van der Waals surface area contributed by atoms with Crippen LogP contribution in [0.15, 0.2) is 18.2 Å². The van der Waals surface area contributed by atoms with Gasteiger partial charge in [-0.25, -0.2) is 4.39 Å². The molecule has 3 N–H and O–H groups in total. The Morgan fingerprint density at radius 1 is 1.39 bits per heavy atom. The molecule has 0 aliphatic rings. The van der Waals surface area contributed by atoms with Crippen molar-refractivity contribution in [3.8, 4) is 0 Å². The minimum atomic E-state index is -0.335. The van der Waals surface area contributed by atoms with Crippen LogP contribution in [0.4, 0.5) is 4.39 Å². The fourth-order valence-electron chi connectivity index (χ4n) is 1.94. The lowest BCUT2D eigenvalue weighted by molar-refractivity contribution is 0.213. The summed E-state index contributed by atoms with van der Waals surface area (Å²) in [6.45, 7) is 8.04. The number of nitrogens with zero attached hydrogens (tertiary/aromatic N) is 1. The van der Waals surface area contributed by atoms with E-state index < -0.39 is 0 Å². The SMILES string of the molecule is CCCN(Cc1cc(F)cc(C(=N)N)c1)C(C)C. The number of nitrogens with one attached hydrogen (secondary N) is 1. The monoisotopic (exact) mass is 251 g/mol. The van der Waals surface area contributed by atoms with Crippen LogP contribution in [-0.4, -0.2) is 23.3 Å². The minimum absolute atomic E-state index is 0.0951. The van der Waals surface area contributed by atoms with E-state index in [-0.39, 0.29) is 11.7 Å². The van der Waals surface area contributed by atoms with E-state index in [1.165, 1.54) is 12.1 Å². The highest BCUT2D eigenvalue weighted by Gasteiger charge is 2.11. The van der Waals surface area contributed by atoms with Gasteiger partial charge < -0.3 is 5.73 Å². The summed E-state index contributed by atoms with van der Waals surface area (Å²) in [4.78, 5) is 2.28. The second kappa shape index (κ2) is 6.50. The number of benzene rings is 1. The van der Waals surface area contributed by atoms with Gasteiger partial charge in [0, 0.05) is 18.2 Å². The summed E-state index contributed by atoms with van der Waals surface area (Å²) in [7, 11) is 0. The van der Waals surface area contributed by atoms with E-state index in [2.05, 4.69) is 25.7 Å². The van der Waals surface area contributed by atoms with E-state index in [0.29, 0.717) is 18.2 Å². The summed E-state index contributed by atoms with van der Waals surface area (Å²) in [6.07, 6.45) is 1.06. The fraction of sp³-hybridized carbons (Fsp3) is 0.500. The van der Waals surface area contributed by atoms with Gasteiger partial charge in [-0.3, -0.25) is 10.3 Å². The summed E-state index contributed by atoms with van der Waals surface area (Å²) >= 11 is 0. The van der Waals surface area contributed by atoms with Crippen LogP contribution in [0.5, 0.6) is 0 Å². The van der Waals surface area contributed by atoms with Crippen LogP contribution in [0, 0.1) is 11.2 Å². The Morgan fingerprint density at radius 3 is 2.56 bits per heavy atom. The van der Waals surface area contributed by atoms with Crippen molar-refractivity contribution < 1.29 is 4.39 Å². The number of hydrogen-bond acceptors (Lipinski definition) is 2. The van der Waals surface area contributed by atoms with Crippen LogP contribution < -0.4 is 5.73 Å². The molecule has 0 spiro atoms. The van der Waals surface area contributed by atoms with Crippen molar-refractivity contribution in [1.29, 1.82) is 5.41 Å². The van der Waals surface area contributed by atoms with Crippen molar-refractivity contribution in [3.05, 3.63) is 35.1 Å². The topological polar surface area (TPSA) is 53.1 Å². The first kappa shape index (κ1) is 14.6. The molecular formula is C14H22FN3. The maximum atomic E-state index is 13.5. The van der Waals surface area contributed by atoms with E-state index >= 15 is 0 Å². The first-order valence-electron chi connectivity index (χ1n) is 6.32. The summed E-state index contributed by atoms with van der Waals surface area (Å²) in [5, 5.41) is 7.37. The number of nitrogen functional groups attached to an aromatic ring is 1. The maximum Gasteiger partial charge on any atom is 0.124 e. The zero-order valence-electron chi connectivity index (χ0n) is 11.3. The molecule has 0 fully saturated rings. The van der Waals surface area contributed by atoms with Crippen LogP contribution in [-0.2, 0) is 6.54 Å². The van der Waals surface area contributed by atoms with E-state index in [4.69, 9.17) is 11.1 Å². The van der Waals surface area contributed by atoms with E-state index in [1.807, 2.05) is 0 Å². The number of halogens is 1. The molecule has 18 heavy (non-hydrogen) atoms. The average molecular weight is 251 g/mol. The molecule has 4 heteroatoms. The lowest BCUT2D eigenvalue weighted by Gasteiger charge is -2.26. The Labute approximate surface area is 108 Å². The normalized spacial score (nSPS) is 11.2. The fourth-order valence-corrected chi connectivity index (χ4v) is 1.94. The van der Waals surface area contributed by atoms with Crippen LogP contribution in [0.1, 0.15) is 38.3 Å². The van der Waals surface area contributed by atoms with Gasteiger partial charge in [-0.2, -0.15) is 0 Å². The summed E-state index contributed by atoms with van der Waals surface area (Å²) in [6, 6.07) is 5.01. The smallest absolute Gasteiger partial charge is 0.124 e. The van der Waals surface area contributed by atoms with Crippen LogP contribution in [0.2, 0.25) is 0 Å². The Kier molecular flexibility index (Phi) is 5.28. The molecule has 0 unspecified atom stereocenters. The molecule has 3 nitrogen and oxygen atoms in total. The second-order valence-electron chi connectivity index (χ2n) is 4.83. The van der Waals surface area contributed by atoms with E-state index in [1.54, 1.807) is 6.07 Å². The van der Waals surface area contributed by atoms with Crippen molar-refractivity contribution in [1.82, 2.24) is 4.90 Å². The first-order chi connectivity index (χ1) is 8.43. The Hall–Kier alpha value is -1.42. The Balaban J connectivity index is 2.91. The van der Waals surface area contributed by atoms with Gasteiger partial charge in [0.05, 0.1) is 0 Å². The largest absolute Gasteiger partial charge is 0.384 e. The van der Waals surface area contributed by atoms with Gasteiger partial charge in [-0.1, -0.05) is 6.92 Å². The molecular weight excluding hydrogens is 229 g/mol. The van der Waals surface area contributed by atoms with Gasteiger partial charge in [0.25, 0.3) is 0 Å². The standard InChI is InChI=1S/C14H22FN3/c1-4-5-18(10(2)3)9-11-6-12(14(16)17)8-13(15)7-11/h6-8,10H,4-5,9H2,1-3H3,(H3,16,17). The third-order valence-electron chi connectivity index (χ3n) is 2.90. The molecule has 0 aliphatic carbocycles. The summed E-state index contributed by atoms with van der Waals surface area (Å²) < 4.78 is 13.5. The van der Waals surface area contributed by atoms with Crippen molar-refractivity contribution in [2.75, 3.05) is 6.54 Å². The lowest BCUT2D eigenvalue weighted by atomic mass is 10.1. The molecule has 1 aromatic carbocycles. The molecule has 0 aromatic heterocycles. The molecule has 0 heterocycles. The molecule has 0 atom stereocenters. The molecule has 1 rings (SSSR count). The van der Waals surface area contributed by atoms with Crippen LogP contribution in [0.3, 0.4) is 0 Å². The van der Waals surface area contributed by atoms with Crippen LogP contribution >= 0.6 is 0 Å². The third kappa shape index (κ3) is 4.11. The van der Waals surface area contributed by atoms with E-state index in [0.717, 1.165) is 18.5 Å². The Bertz CT molecular complexity index is 416. The van der Waals surface area contributed by atoms with Gasteiger partial charge >= 0.3 is 0 Å². The summed E-state index contributed by atoms with van der Waals surface area (Å²) in [5.41, 5.74) is 6.72. The van der Waals surface area contributed by atoms with Crippen molar-refractivity contribution >= 4 is 5.84 Å². The number of rotatable bonds is 6. The first-order valence-corrected chi connectivity index (χ1v) is 6.32. The number of amidine groups is 1. The van der Waals surface area contributed by atoms with Gasteiger partial charge in [-0.15, -0.1) is 0 Å². The summed E-state index contributed by atoms with van der Waals surface area (Å²) in [5.74, 6) is -0.430.